The Hall–Kier alpha value is -2.62. The first-order valence-electron chi connectivity index (χ1n) is 8.29. The number of nitrogens with zero attached hydrogens (tertiary/aromatic N) is 2. The molecule has 1 aliphatic heterocycles. The number of likely N-dealkylation sites (tertiary alicyclic amines) is 1. The molecule has 1 heterocycles. The summed E-state index contributed by atoms with van der Waals surface area (Å²) in [5.41, 5.74) is 3.02. The highest BCUT2D eigenvalue weighted by atomic mass is 16.6. The molecule has 2 aromatic carbocycles. The second-order valence-electron chi connectivity index (χ2n) is 6.02. The second-order valence-corrected chi connectivity index (χ2v) is 6.02. The third-order valence-electron chi connectivity index (χ3n) is 4.52. The van der Waals surface area contributed by atoms with E-state index in [4.69, 9.17) is 0 Å². The van der Waals surface area contributed by atoms with Gasteiger partial charge in [-0.15, -0.1) is 0 Å². The standard InChI is InChI=1S/C20H22N2O2/c1-24-21-15-16-7-9-19(10-8-16)20(23)22-13-11-18(12-14-22)17-5-3-2-4-6-17/h2-10,15,18H,11-14H2,1H3/b21-15+. The van der Waals surface area contributed by atoms with Crippen LogP contribution < -0.4 is 0 Å². The van der Waals surface area contributed by atoms with Crippen molar-refractivity contribution in [3.8, 4) is 0 Å². The molecule has 0 saturated carbocycles. The van der Waals surface area contributed by atoms with Crippen LogP contribution in [0, 0.1) is 0 Å². The molecule has 0 N–H and O–H groups in total. The summed E-state index contributed by atoms with van der Waals surface area (Å²) >= 11 is 0. The van der Waals surface area contributed by atoms with E-state index in [-0.39, 0.29) is 5.91 Å². The molecule has 0 spiro atoms. The lowest BCUT2D eigenvalue weighted by atomic mass is 9.89. The van der Waals surface area contributed by atoms with Gasteiger partial charge < -0.3 is 9.74 Å². The van der Waals surface area contributed by atoms with E-state index in [1.165, 1.54) is 12.7 Å². The minimum absolute atomic E-state index is 0.108. The Balaban J connectivity index is 1.60. The Morgan fingerprint density at radius 3 is 2.38 bits per heavy atom. The summed E-state index contributed by atoms with van der Waals surface area (Å²) in [6.45, 7) is 1.62. The summed E-state index contributed by atoms with van der Waals surface area (Å²) in [5.74, 6) is 0.666. The number of amides is 1. The summed E-state index contributed by atoms with van der Waals surface area (Å²) in [6, 6.07) is 18.0. The molecule has 1 fully saturated rings. The van der Waals surface area contributed by atoms with E-state index in [0.717, 1.165) is 37.1 Å². The molecule has 1 aliphatic rings. The first-order valence-corrected chi connectivity index (χ1v) is 8.29. The third-order valence-corrected chi connectivity index (χ3v) is 4.52. The van der Waals surface area contributed by atoms with Crippen molar-refractivity contribution >= 4 is 12.1 Å². The molecular weight excluding hydrogens is 300 g/mol. The number of oxime groups is 1. The second kappa shape index (κ2) is 7.77. The van der Waals surface area contributed by atoms with Crippen molar-refractivity contribution < 1.29 is 9.63 Å². The molecule has 0 radical (unpaired) electrons. The van der Waals surface area contributed by atoms with Gasteiger partial charge in [0.05, 0.1) is 6.21 Å². The Bertz CT molecular complexity index is 687. The summed E-state index contributed by atoms with van der Waals surface area (Å²) in [7, 11) is 1.51. The molecule has 2 aromatic rings. The van der Waals surface area contributed by atoms with E-state index in [1.54, 1.807) is 6.21 Å². The molecule has 124 valence electrons. The van der Waals surface area contributed by atoms with Crippen molar-refractivity contribution in [3.63, 3.8) is 0 Å². The van der Waals surface area contributed by atoms with E-state index in [0.29, 0.717) is 5.92 Å². The molecule has 0 bridgehead atoms. The number of carbonyl (C=O) groups is 1. The zero-order valence-electron chi connectivity index (χ0n) is 13.9. The van der Waals surface area contributed by atoms with Crippen LogP contribution in [0.25, 0.3) is 0 Å². The smallest absolute Gasteiger partial charge is 0.253 e. The molecule has 3 rings (SSSR count). The van der Waals surface area contributed by atoms with E-state index in [2.05, 4.69) is 34.3 Å². The first kappa shape index (κ1) is 16.2. The van der Waals surface area contributed by atoms with Crippen LogP contribution in [0.15, 0.2) is 59.8 Å². The van der Waals surface area contributed by atoms with Crippen molar-refractivity contribution in [3.05, 3.63) is 71.3 Å². The number of carbonyl (C=O) groups excluding carboxylic acids is 1. The maximum Gasteiger partial charge on any atom is 0.253 e. The van der Waals surface area contributed by atoms with Crippen molar-refractivity contribution in [2.45, 2.75) is 18.8 Å². The highest BCUT2D eigenvalue weighted by Crippen LogP contribution is 2.28. The molecule has 0 aliphatic carbocycles. The fourth-order valence-corrected chi connectivity index (χ4v) is 3.15. The number of benzene rings is 2. The van der Waals surface area contributed by atoms with Gasteiger partial charge in [0.15, 0.2) is 0 Å². The molecule has 4 nitrogen and oxygen atoms in total. The molecule has 4 heteroatoms. The molecule has 1 amide bonds. The van der Waals surface area contributed by atoms with Gasteiger partial charge in [0, 0.05) is 18.7 Å². The quantitative estimate of drug-likeness (QED) is 0.636. The predicted molar refractivity (Wildman–Crippen MR) is 95.4 cm³/mol. The summed E-state index contributed by atoms with van der Waals surface area (Å²) < 4.78 is 0. The summed E-state index contributed by atoms with van der Waals surface area (Å²) in [5, 5.41) is 3.72. The maximum atomic E-state index is 12.6. The molecule has 24 heavy (non-hydrogen) atoms. The number of hydrogen-bond acceptors (Lipinski definition) is 3. The topological polar surface area (TPSA) is 41.9 Å². The van der Waals surface area contributed by atoms with Gasteiger partial charge in [-0.3, -0.25) is 4.79 Å². The molecule has 0 atom stereocenters. The number of piperidine rings is 1. The number of hydrogen-bond donors (Lipinski definition) is 0. The predicted octanol–water partition coefficient (Wildman–Crippen LogP) is 3.69. The molecule has 0 unspecified atom stereocenters. The van der Waals surface area contributed by atoms with Crippen molar-refractivity contribution in [2.24, 2.45) is 5.16 Å². The van der Waals surface area contributed by atoms with Crippen molar-refractivity contribution in [1.82, 2.24) is 4.90 Å². The Kier molecular flexibility index (Phi) is 5.26. The molecule has 0 aromatic heterocycles. The first-order chi connectivity index (χ1) is 11.8. The third kappa shape index (κ3) is 3.82. The van der Waals surface area contributed by atoms with Gasteiger partial charge in [-0.1, -0.05) is 47.6 Å². The van der Waals surface area contributed by atoms with Gasteiger partial charge in [-0.05, 0) is 42.0 Å². The fourth-order valence-electron chi connectivity index (χ4n) is 3.15. The monoisotopic (exact) mass is 322 g/mol. The molecular formula is C20H22N2O2. The Labute approximate surface area is 142 Å². The largest absolute Gasteiger partial charge is 0.399 e. The van der Waals surface area contributed by atoms with Gasteiger partial charge in [-0.25, -0.2) is 0 Å². The van der Waals surface area contributed by atoms with Crippen LogP contribution in [0.2, 0.25) is 0 Å². The summed E-state index contributed by atoms with van der Waals surface area (Å²) in [4.78, 5) is 19.3. The van der Waals surface area contributed by atoms with Crippen LogP contribution in [0.4, 0.5) is 0 Å². The van der Waals surface area contributed by atoms with Crippen LogP contribution in [0.1, 0.15) is 40.2 Å². The SMILES string of the molecule is CO/N=C/c1ccc(C(=O)N2CCC(c3ccccc3)CC2)cc1. The van der Waals surface area contributed by atoms with E-state index >= 15 is 0 Å². The minimum atomic E-state index is 0.108. The molecule has 1 saturated heterocycles. The van der Waals surface area contributed by atoms with Gasteiger partial charge >= 0.3 is 0 Å². The van der Waals surface area contributed by atoms with Gasteiger partial charge in [0.2, 0.25) is 0 Å². The zero-order valence-corrected chi connectivity index (χ0v) is 13.9. The van der Waals surface area contributed by atoms with E-state index < -0.39 is 0 Å². The number of rotatable bonds is 4. The van der Waals surface area contributed by atoms with Gasteiger partial charge in [-0.2, -0.15) is 0 Å². The fraction of sp³-hybridized carbons (Fsp3) is 0.300. The van der Waals surface area contributed by atoms with Crippen LogP contribution in [-0.2, 0) is 4.84 Å². The normalized spacial score (nSPS) is 15.6. The van der Waals surface area contributed by atoms with Crippen LogP contribution in [0.5, 0.6) is 0 Å². The average molecular weight is 322 g/mol. The maximum absolute atomic E-state index is 12.6. The van der Waals surface area contributed by atoms with Crippen LogP contribution in [0.3, 0.4) is 0 Å². The van der Waals surface area contributed by atoms with Gasteiger partial charge in [0.1, 0.15) is 7.11 Å². The lowest BCUT2D eigenvalue weighted by molar-refractivity contribution is 0.0713. The lowest BCUT2D eigenvalue weighted by Crippen LogP contribution is -2.37. The Morgan fingerprint density at radius 1 is 1.08 bits per heavy atom. The van der Waals surface area contributed by atoms with Crippen LogP contribution in [-0.4, -0.2) is 37.2 Å². The van der Waals surface area contributed by atoms with E-state index in [9.17, 15) is 4.79 Å². The van der Waals surface area contributed by atoms with E-state index in [1.807, 2.05) is 35.2 Å². The lowest BCUT2D eigenvalue weighted by Gasteiger charge is -2.32. The minimum Gasteiger partial charge on any atom is -0.399 e. The van der Waals surface area contributed by atoms with Crippen LogP contribution >= 0.6 is 0 Å². The highest BCUT2D eigenvalue weighted by Gasteiger charge is 2.24. The highest BCUT2D eigenvalue weighted by molar-refractivity contribution is 5.95. The zero-order chi connectivity index (χ0) is 16.8. The summed E-state index contributed by atoms with van der Waals surface area (Å²) in [6.07, 6.45) is 3.67. The average Bonchev–Trinajstić information content (AvgIpc) is 2.67. The van der Waals surface area contributed by atoms with Crippen molar-refractivity contribution in [1.29, 1.82) is 0 Å². The van der Waals surface area contributed by atoms with Crippen molar-refractivity contribution in [2.75, 3.05) is 20.2 Å². The van der Waals surface area contributed by atoms with Gasteiger partial charge in [0.25, 0.3) is 5.91 Å². The Morgan fingerprint density at radius 2 is 1.75 bits per heavy atom.